The van der Waals surface area contributed by atoms with E-state index in [-0.39, 0.29) is 0 Å². The molecule has 0 bridgehead atoms. The fourth-order valence-electron chi connectivity index (χ4n) is 2.19. The maximum atomic E-state index is 5.27. The van der Waals surface area contributed by atoms with Crippen LogP contribution in [0.15, 0.2) is 40.1 Å². The van der Waals surface area contributed by atoms with Gasteiger partial charge in [-0.2, -0.15) is 10.2 Å². The number of hydrogen-bond acceptors (Lipinski definition) is 5. The lowest BCUT2D eigenvalue weighted by atomic mass is 10.4. The lowest BCUT2D eigenvalue weighted by molar-refractivity contribution is 0.577. The van der Waals surface area contributed by atoms with E-state index in [1.165, 1.54) is 0 Å². The lowest BCUT2D eigenvalue weighted by Gasteiger charge is -2.11. The van der Waals surface area contributed by atoms with Crippen molar-refractivity contribution in [2.24, 2.45) is 12.0 Å². The SMILES string of the molecule is CN=C(NCCc1nc(-c2ccco2)n[nH]1)NCc1ccnn1C. The summed E-state index contributed by atoms with van der Waals surface area (Å²) in [7, 11) is 3.65. The molecule has 9 nitrogen and oxygen atoms in total. The van der Waals surface area contributed by atoms with Gasteiger partial charge in [-0.3, -0.25) is 14.8 Å². The lowest BCUT2D eigenvalue weighted by Crippen LogP contribution is -2.38. The Hall–Kier alpha value is -3.10. The first kappa shape index (κ1) is 15.8. The van der Waals surface area contributed by atoms with Gasteiger partial charge in [0.15, 0.2) is 11.7 Å². The molecular weight excluding hydrogens is 308 g/mol. The maximum Gasteiger partial charge on any atom is 0.216 e. The third-order valence-corrected chi connectivity index (χ3v) is 3.51. The molecule has 24 heavy (non-hydrogen) atoms. The molecule has 0 spiro atoms. The zero-order chi connectivity index (χ0) is 16.8. The Morgan fingerprint density at radius 3 is 3.00 bits per heavy atom. The van der Waals surface area contributed by atoms with E-state index in [2.05, 4.69) is 35.9 Å². The van der Waals surface area contributed by atoms with E-state index in [0.717, 1.165) is 17.5 Å². The molecule has 0 amide bonds. The summed E-state index contributed by atoms with van der Waals surface area (Å²) in [6, 6.07) is 5.60. The summed E-state index contributed by atoms with van der Waals surface area (Å²) in [5.41, 5.74) is 1.08. The maximum absolute atomic E-state index is 5.27. The molecule has 0 aromatic carbocycles. The van der Waals surface area contributed by atoms with Gasteiger partial charge in [0.1, 0.15) is 5.82 Å². The van der Waals surface area contributed by atoms with Crippen LogP contribution in [0.2, 0.25) is 0 Å². The van der Waals surface area contributed by atoms with Crippen molar-refractivity contribution < 1.29 is 4.42 Å². The van der Waals surface area contributed by atoms with Crippen LogP contribution in [0.3, 0.4) is 0 Å². The standard InChI is InChI=1S/C15H20N8O/c1-16-15(18-10-11-5-8-19-23(11)2)17-7-6-13-20-14(22-21-13)12-4-3-9-24-12/h3-5,8-9H,6-7,10H2,1-2H3,(H2,16,17,18)(H,20,21,22). The number of aliphatic imine (C=N–C) groups is 1. The van der Waals surface area contributed by atoms with E-state index in [4.69, 9.17) is 4.42 Å². The summed E-state index contributed by atoms with van der Waals surface area (Å²) in [6.07, 6.45) is 4.07. The average Bonchev–Trinajstić information content (AvgIpc) is 3.32. The molecule has 0 aliphatic rings. The van der Waals surface area contributed by atoms with Crippen molar-refractivity contribution in [1.29, 1.82) is 0 Å². The second kappa shape index (κ2) is 7.44. The molecule has 0 radical (unpaired) electrons. The first-order valence-electron chi connectivity index (χ1n) is 7.63. The summed E-state index contributed by atoms with van der Waals surface area (Å²) < 4.78 is 7.10. The Labute approximate surface area is 139 Å². The molecule has 3 N–H and O–H groups in total. The van der Waals surface area contributed by atoms with Gasteiger partial charge in [0.25, 0.3) is 0 Å². The van der Waals surface area contributed by atoms with E-state index in [9.17, 15) is 0 Å². The highest BCUT2D eigenvalue weighted by Crippen LogP contribution is 2.14. The Balaban J connectivity index is 1.45. The predicted octanol–water partition coefficient (Wildman–Crippen LogP) is 0.706. The van der Waals surface area contributed by atoms with Crippen LogP contribution in [0.25, 0.3) is 11.6 Å². The number of H-pyrrole nitrogens is 1. The van der Waals surface area contributed by atoms with Gasteiger partial charge in [0.2, 0.25) is 5.82 Å². The molecule has 3 aromatic heterocycles. The van der Waals surface area contributed by atoms with E-state index in [1.54, 1.807) is 19.5 Å². The van der Waals surface area contributed by atoms with E-state index in [1.807, 2.05) is 29.9 Å². The Kier molecular flexibility index (Phi) is 4.90. The molecule has 0 saturated carbocycles. The third-order valence-electron chi connectivity index (χ3n) is 3.51. The number of rotatable bonds is 6. The summed E-state index contributed by atoms with van der Waals surface area (Å²) in [6.45, 7) is 1.33. The van der Waals surface area contributed by atoms with E-state index >= 15 is 0 Å². The molecular formula is C15H20N8O. The average molecular weight is 328 g/mol. The van der Waals surface area contributed by atoms with Crippen LogP contribution in [0.1, 0.15) is 11.5 Å². The predicted molar refractivity (Wildman–Crippen MR) is 89.2 cm³/mol. The van der Waals surface area contributed by atoms with Crippen LogP contribution in [-0.2, 0) is 20.0 Å². The minimum Gasteiger partial charge on any atom is -0.461 e. The van der Waals surface area contributed by atoms with Crippen LogP contribution in [-0.4, -0.2) is 44.5 Å². The number of aromatic amines is 1. The quantitative estimate of drug-likeness (QED) is 0.454. The number of nitrogens with one attached hydrogen (secondary N) is 3. The first-order valence-corrected chi connectivity index (χ1v) is 7.63. The number of nitrogens with zero attached hydrogens (tertiary/aromatic N) is 5. The van der Waals surface area contributed by atoms with Crippen molar-refractivity contribution in [3.63, 3.8) is 0 Å². The minimum atomic E-state index is 0.564. The van der Waals surface area contributed by atoms with Gasteiger partial charge in [-0.25, -0.2) is 4.98 Å². The highest BCUT2D eigenvalue weighted by molar-refractivity contribution is 5.79. The summed E-state index contributed by atoms with van der Waals surface area (Å²) in [5.74, 6) is 2.73. The molecule has 0 aliphatic heterocycles. The molecule has 9 heteroatoms. The van der Waals surface area contributed by atoms with Gasteiger partial charge in [-0.05, 0) is 18.2 Å². The number of hydrogen-bond donors (Lipinski definition) is 3. The van der Waals surface area contributed by atoms with Gasteiger partial charge in [0, 0.05) is 33.3 Å². The van der Waals surface area contributed by atoms with Crippen molar-refractivity contribution in [2.45, 2.75) is 13.0 Å². The van der Waals surface area contributed by atoms with Crippen molar-refractivity contribution in [2.75, 3.05) is 13.6 Å². The van der Waals surface area contributed by atoms with E-state index < -0.39 is 0 Å². The number of furan rings is 1. The minimum absolute atomic E-state index is 0.564. The molecule has 3 rings (SSSR count). The van der Waals surface area contributed by atoms with Gasteiger partial charge >= 0.3 is 0 Å². The molecule has 0 saturated heterocycles. The number of guanidine groups is 1. The second-order valence-electron chi connectivity index (χ2n) is 5.13. The number of aryl methyl sites for hydroxylation is 1. The molecule has 3 heterocycles. The van der Waals surface area contributed by atoms with Crippen LogP contribution in [0.4, 0.5) is 0 Å². The molecule has 0 unspecified atom stereocenters. The summed E-state index contributed by atoms with van der Waals surface area (Å²) >= 11 is 0. The largest absolute Gasteiger partial charge is 0.461 e. The second-order valence-corrected chi connectivity index (χ2v) is 5.13. The van der Waals surface area contributed by atoms with Gasteiger partial charge in [0.05, 0.1) is 18.5 Å². The monoisotopic (exact) mass is 328 g/mol. The van der Waals surface area contributed by atoms with Crippen molar-refractivity contribution in [1.82, 2.24) is 35.6 Å². The molecule has 0 atom stereocenters. The van der Waals surface area contributed by atoms with Gasteiger partial charge in [-0.1, -0.05) is 0 Å². The Morgan fingerprint density at radius 1 is 1.38 bits per heavy atom. The fourth-order valence-corrected chi connectivity index (χ4v) is 2.19. The number of aromatic nitrogens is 5. The molecule has 126 valence electrons. The Bertz CT molecular complexity index is 786. The molecule has 0 fully saturated rings. The van der Waals surface area contributed by atoms with Crippen LogP contribution < -0.4 is 10.6 Å². The van der Waals surface area contributed by atoms with Gasteiger partial charge < -0.3 is 15.1 Å². The topological polar surface area (TPSA) is 109 Å². The van der Waals surface area contributed by atoms with Crippen molar-refractivity contribution in [3.8, 4) is 11.6 Å². The van der Waals surface area contributed by atoms with Crippen LogP contribution in [0.5, 0.6) is 0 Å². The zero-order valence-electron chi connectivity index (χ0n) is 13.7. The van der Waals surface area contributed by atoms with Gasteiger partial charge in [-0.15, -0.1) is 0 Å². The zero-order valence-corrected chi connectivity index (χ0v) is 13.7. The normalized spacial score (nSPS) is 11.7. The molecule has 3 aromatic rings. The Morgan fingerprint density at radius 2 is 2.29 bits per heavy atom. The highest BCUT2D eigenvalue weighted by Gasteiger charge is 2.08. The van der Waals surface area contributed by atoms with E-state index in [0.29, 0.717) is 31.1 Å². The smallest absolute Gasteiger partial charge is 0.216 e. The third kappa shape index (κ3) is 3.80. The fraction of sp³-hybridized carbons (Fsp3) is 0.333. The van der Waals surface area contributed by atoms with Crippen molar-refractivity contribution in [3.05, 3.63) is 42.2 Å². The highest BCUT2D eigenvalue weighted by atomic mass is 16.3. The van der Waals surface area contributed by atoms with Crippen molar-refractivity contribution >= 4 is 5.96 Å². The molecule has 0 aliphatic carbocycles. The first-order chi connectivity index (χ1) is 11.8. The van der Waals surface area contributed by atoms with Crippen LogP contribution in [0, 0.1) is 0 Å². The van der Waals surface area contributed by atoms with Crippen LogP contribution >= 0.6 is 0 Å². The summed E-state index contributed by atoms with van der Waals surface area (Å²) in [5, 5.41) is 17.7. The summed E-state index contributed by atoms with van der Waals surface area (Å²) in [4.78, 5) is 8.60.